The summed E-state index contributed by atoms with van der Waals surface area (Å²) >= 11 is 1.53. The number of morpholine rings is 1. The average Bonchev–Trinajstić information content (AvgIpc) is 3.18. The van der Waals surface area contributed by atoms with Gasteiger partial charge in [0.25, 0.3) is 5.91 Å². The van der Waals surface area contributed by atoms with Gasteiger partial charge in [-0.15, -0.1) is 11.3 Å². The van der Waals surface area contributed by atoms with Crippen molar-refractivity contribution in [2.24, 2.45) is 5.92 Å². The molecule has 162 valence electrons. The van der Waals surface area contributed by atoms with Gasteiger partial charge in [-0.1, -0.05) is 30.3 Å². The van der Waals surface area contributed by atoms with E-state index < -0.39 is 0 Å². The zero-order chi connectivity index (χ0) is 21.1. The maximum Gasteiger partial charge on any atom is 0.267 e. The van der Waals surface area contributed by atoms with E-state index in [9.17, 15) is 4.79 Å². The first-order chi connectivity index (χ1) is 14.5. The Balaban J connectivity index is 1.37. The number of nitrogens with zero attached hydrogens (tertiary/aromatic N) is 2. The highest BCUT2D eigenvalue weighted by molar-refractivity contribution is 7.17. The van der Waals surface area contributed by atoms with Crippen LogP contribution >= 0.6 is 11.3 Å². The second-order valence-corrected chi connectivity index (χ2v) is 9.64. The molecular formula is C24H32N2O3S. The molecule has 2 atom stereocenters. The van der Waals surface area contributed by atoms with Crippen LogP contribution in [0.5, 0.6) is 5.75 Å². The van der Waals surface area contributed by atoms with E-state index in [1.807, 2.05) is 29.2 Å². The van der Waals surface area contributed by atoms with Gasteiger partial charge in [-0.25, -0.2) is 0 Å². The Bertz CT molecular complexity index is 835. The van der Waals surface area contributed by atoms with Gasteiger partial charge in [0.2, 0.25) is 0 Å². The molecule has 4 rings (SSSR count). The number of hydrogen-bond acceptors (Lipinski definition) is 5. The number of amides is 1. The predicted octanol–water partition coefficient (Wildman–Crippen LogP) is 4.39. The van der Waals surface area contributed by atoms with Crippen molar-refractivity contribution in [3.8, 4) is 16.2 Å². The molecule has 1 aromatic carbocycles. The monoisotopic (exact) mass is 428 g/mol. The fourth-order valence-electron chi connectivity index (χ4n) is 4.68. The minimum absolute atomic E-state index is 0.103. The summed E-state index contributed by atoms with van der Waals surface area (Å²) in [4.78, 5) is 19.6. The molecule has 1 aromatic heterocycles. The molecule has 0 bridgehead atoms. The van der Waals surface area contributed by atoms with Crippen LogP contribution in [-0.4, -0.2) is 67.7 Å². The molecule has 2 aliphatic rings. The molecule has 0 N–H and O–H groups in total. The number of likely N-dealkylation sites (tertiary alicyclic amines) is 1. The Hall–Kier alpha value is -1.89. The summed E-state index contributed by atoms with van der Waals surface area (Å²) in [5.41, 5.74) is 1.12. The Morgan fingerprint density at radius 2 is 1.80 bits per heavy atom. The molecular weight excluding hydrogens is 396 g/mol. The fraction of sp³-hybridized carbons (Fsp3) is 0.542. The lowest BCUT2D eigenvalue weighted by atomic mass is 9.95. The van der Waals surface area contributed by atoms with Gasteiger partial charge in [0.05, 0.1) is 19.3 Å². The lowest BCUT2D eigenvalue weighted by Gasteiger charge is -2.39. The van der Waals surface area contributed by atoms with E-state index in [0.717, 1.165) is 56.0 Å². The molecule has 0 spiro atoms. The van der Waals surface area contributed by atoms with E-state index in [4.69, 9.17) is 9.47 Å². The molecule has 6 heteroatoms. The van der Waals surface area contributed by atoms with Gasteiger partial charge in [-0.3, -0.25) is 9.69 Å². The number of thiophene rings is 1. The minimum Gasteiger partial charge on any atom is -0.495 e. The first-order valence-electron chi connectivity index (χ1n) is 10.9. The van der Waals surface area contributed by atoms with Crippen LogP contribution in [0.15, 0.2) is 36.4 Å². The van der Waals surface area contributed by atoms with Gasteiger partial charge in [-0.05, 0) is 44.2 Å². The van der Waals surface area contributed by atoms with Crippen molar-refractivity contribution in [2.75, 3.05) is 39.8 Å². The largest absolute Gasteiger partial charge is 0.495 e. The molecule has 2 fully saturated rings. The summed E-state index contributed by atoms with van der Waals surface area (Å²) in [6.07, 6.45) is 2.73. The molecule has 3 heterocycles. The van der Waals surface area contributed by atoms with Crippen LogP contribution in [0.25, 0.3) is 10.4 Å². The third-order valence-electron chi connectivity index (χ3n) is 6.08. The molecule has 0 aliphatic carbocycles. The Morgan fingerprint density at radius 1 is 1.13 bits per heavy atom. The summed E-state index contributed by atoms with van der Waals surface area (Å²) in [7, 11) is 1.64. The van der Waals surface area contributed by atoms with Crippen molar-refractivity contribution in [1.29, 1.82) is 0 Å². The van der Waals surface area contributed by atoms with Crippen molar-refractivity contribution in [2.45, 2.75) is 38.9 Å². The molecule has 2 aliphatic heterocycles. The van der Waals surface area contributed by atoms with Gasteiger partial charge < -0.3 is 14.4 Å². The molecule has 0 saturated carbocycles. The molecule has 5 nitrogen and oxygen atoms in total. The lowest BCUT2D eigenvalue weighted by Crippen LogP contribution is -2.48. The summed E-state index contributed by atoms with van der Waals surface area (Å²) in [5, 5.41) is 0. The highest BCUT2D eigenvalue weighted by atomic mass is 32.1. The maximum absolute atomic E-state index is 13.2. The molecule has 2 unspecified atom stereocenters. The first kappa shape index (κ1) is 21.3. The van der Waals surface area contributed by atoms with Crippen molar-refractivity contribution < 1.29 is 14.3 Å². The van der Waals surface area contributed by atoms with Crippen LogP contribution in [0.2, 0.25) is 0 Å². The third kappa shape index (κ3) is 4.88. The predicted molar refractivity (Wildman–Crippen MR) is 121 cm³/mol. The van der Waals surface area contributed by atoms with E-state index in [1.54, 1.807) is 7.11 Å². The number of piperidine rings is 1. The minimum atomic E-state index is 0.103. The van der Waals surface area contributed by atoms with Crippen LogP contribution in [-0.2, 0) is 4.74 Å². The lowest BCUT2D eigenvalue weighted by molar-refractivity contribution is -0.0728. The Kier molecular flexibility index (Phi) is 6.76. The van der Waals surface area contributed by atoms with Gasteiger partial charge in [0.1, 0.15) is 10.6 Å². The van der Waals surface area contributed by atoms with Gasteiger partial charge in [-0.2, -0.15) is 0 Å². The van der Waals surface area contributed by atoms with E-state index in [1.165, 1.54) is 11.3 Å². The number of rotatable bonds is 5. The molecule has 2 saturated heterocycles. The summed E-state index contributed by atoms with van der Waals surface area (Å²) in [6.45, 7) is 9.09. The smallest absolute Gasteiger partial charge is 0.267 e. The highest BCUT2D eigenvalue weighted by Gasteiger charge is 2.30. The molecule has 1 amide bonds. The average molecular weight is 429 g/mol. The Morgan fingerprint density at radius 3 is 2.43 bits per heavy atom. The standard InChI is InChI=1S/C24H32N2O3S/c1-17-14-25(15-18(2)29-17)16-19-9-11-26(12-10-19)24(27)23-21(28-3)13-22(30-23)20-7-5-4-6-8-20/h4-8,13,17-19H,9-12,14-16H2,1-3H3. The van der Waals surface area contributed by atoms with Crippen molar-refractivity contribution in [3.63, 3.8) is 0 Å². The fourth-order valence-corrected chi connectivity index (χ4v) is 5.78. The summed E-state index contributed by atoms with van der Waals surface area (Å²) in [5.74, 6) is 1.44. The Labute approximate surface area is 183 Å². The van der Waals surface area contributed by atoms with Crippen LogP contribution in [0.3, 0.4) is 0 Å². The third-order valence-corrected chi connectivity index (χ3v) is 7.24. The van der Waals surface area contributed by atoms with E-state index in [0.29, 0.717) is 28.8 Å². The van der Waals surface area contributed by atoms with Crippen LogP contribution in [0, 0.1) is 5.92 Å². The molecule has 2 aromatic rings. The first-order valence-corrected chi connectivity index (χ1v) is 11.8. The number of ether oxygens (including phenoxy) is 2. The zero-order valence-corrected chi connectivity index (χ0v) is 19.0. The summed E-state index contributed by atoms with van der Waals surface area (Å²) in [6, 6.07) is 12.2. The zero-order valence-electron chi connectivity index (χ0n) is 18.2. The van der Waals surface area contributed by atoms with Crippen molar-refractivity contribution >= 4 is 17.2 Å². The SMILES string of the molecule is COc1cc(-c2ccccc2)sc1C(=O)N1CCC(CN2CC(C)OC(C)C2)CC1. The van der Waals surface area contributed by atoms with Crippen molar-refractivity contribution in [3.05, 3.63) is 41.3 Å². The second-order valence-electron chi connectivity index (χ2n) is 8.59. The van der Waals surface area contributed by atoms with Gasteiger partial charge in [0.15, 0.2) is 0 Å². The highest BCUT2D eigenvalue weighted by Crippen LogP contribution is 2.37. The molecule has 30 heavy (non-hydrogen) atoms. The normalized spacial score (nSPS) is 23.5. The quantitative estimate of drug-likeness (QED) is 0.709. The van der Waals surface area contributed by atoms with E-state index in [2.05, 4.69) is 30.9 Å². The van der Waals surface area contributed by atoms with E-state index >= 15 is 0 Å². The van der Waals surface area contributed by atoms with Crippen molar-refractivity contribution in [1.82, 2.24) is 9.80 Å². The van der Waals surface area contributed by atoms with Gasteiger partial charge in [0, 0.05) is 37.6 Å². The van der Waals surface area contributed by atoms with E-state index in [-0.39, 0.29) is 5.91 Å². The van der Waals surface area contributed by atoms with Crippen LogP contribution in [0.4, 0.5) is 0 Å². The van der Waals surface area contributed by atoms with Gasteiger partial charge >= 0.3 is 0 Å². The number of benzene rings is 1. The maximum atomic E-state index is 13.2. The number of carbonyl (C=O) groups excluding carboxylic acids is 1. The number of carbonyl (C=O) groups is 1. The number of hydrogen-bond donors (Lipinski definition) is 0. The van der Waals surface area contributed by atoms with Crippen LogP contribution in [0.1, 0.15) is 36.4 Å². The summed E-state index contributed by atoms with van der Waals surface area (Å²) < 4.78 is 11.4. The topological polar surface area (TPSA) is 42.0 Å². The number of methoxy groups -OCH3 is 1. The molecule has 0 radical (unpaired) electrons. The van der Waals surface area contributed by atoms with Crippen LogP contribution < -0.4 is 4.74 Å². The second kappa shape index (κ2) is 9.50.